The number of thioether (sulfide) groups is 1. The molecule has 0 saturated carbocycles. The van der Waals surface area contributed by atoms with E-state index in [1.54, 1.807) is 11.8 Å². The molecule has 0 radical (unpaired) electrons. The summed E-state index contributed by atoms with van der Waals surface area (Å²) in [4.78, 5) is 24.5. The number of nitrogens with zero attached hydrogens (tertiary/aromatic N) is 6. The van der Waals surface area contributed by atoms with E-state index in [0.29, 0.717) is 29.6 Å². The zero-order valence-electron chi connectivity index (χ0n) is 22.8. The number of aromatic nitrogens is 5. The molecule has 204 valence electrons. The molecule has 0 atom stereocenters. The summed E-state index contributed by atoms with van der Waals surface area (Å²) < 4.78 is 30.1. The van der Waals surface area contributed by atoms with Gasteiger partial charge in [-0.25, -0.2) is 19.0 Å². The Balaban J connectivity index is 1.40. The lowest BCUT2D eigenvalue weighted by molar-refractivity contribution is -0.153. The molecule has 5 rings (SSSR count). The van der Waals surface area contributed by atoms with E-state index < -0.39 is 5.54 Å². The third-order valence-corrected chi connectivity index (χ3v) is 8.68. The van der Waals surface area contributed by atoms with Crippen LogP contribution in [0.4, 0.5) is 4.39 Å². The molecule has 0 spiro atoms. The maximum atomic E-state index is 15.3. The van der Waals surface area contributed by atoms with E-state index in [9.17, 15) is 4.79 Å². The van der Waals surface area contributed by atoms with Crippen LogP contribution in [0.5, 0.6) is 5.75 Å². The predicted octanol–water partition coefficient (Wildman–Crippen LogP) is 4.74. The number of hydrogen-bond donors (Lipinski definition) is 0. The molecule has 2 aliphatic rings. The Morgan fingerprint density at radius 3 is 2.61 bits per heavy atom. The lowest BCUT2D eigenvalue weighted by Crippen LogP contribution is -2.53. The van der Waals surface area contributed by atoms with Crippen molar-refractivity contribution in [2.45, 2.75) is 75.7 Å². The van der Waals surface area contributed by atoms with Crippen molar-refractivity contribution in [1.82, 2.24) is 29.2 Å². The molecule has 2 aromatic heterocycles. The van der Waals surface area contributed by atoms with E-state index in [-0.39, 0.29) is 23.1 Å². The van der Waals surface area contributed by atoms with Gasteiger partial charge in [0.05, 0.1) is 19.2 Å². The van der Waals surface area contributed by atoms with Gasteiger partial charge in [0, 0.05) is 41.5 Å². The molecule has 9 nitrogen and oxygen atoms in total. The van der Waals surface area contributed by atoms with Crippen LogP contribution in [-0.4, -0.2) is 72.8 Å². The van der Waals surface area contributed by atoms with Crippen molar-refractivity contribution in [3.05, 3.63) is 30.0 Å². The highest BCUT2D eigenvalue weighted by Crippen LogP contribution is 2.41. The molecule has 4 heterocycles. The quantitative estimate of drug-likeness (QED) is 0.413. The largest absolute Gasteiger partial charge is 0.491 e. The molecule has 1 saturated heterocycles. The molecule has 1 aromatic carbocycles. The fraction of sp³-hybridized carbons (Fsp3) is 0.556. The topological polar surface area (TPSA) is 87.3 Å². The van der Waals surface area contributed by atoms with Gasteiger partial charge >= 0.3 is 5.97 Å². The molecular formula is C27H35FN6O3S. The summed E-state index contributed by atoms with van der Waals surface area (Å²) in [6, 6.07) is 3.50. The molecule has 0 N–H and O–H groups in total. The first kappa shape index (κ1) is 26.7. The Morgan fingerprint density at radius 1 is 1.18 bits per heavy atom. The maximum Gasteiger partial charge on any atom is 0.325 e. The number of carbonyl (C=O) groups excluding carboxylic acids is 1. The summed E-state index contributed by atoms with van der Waals surface area (Å²) in [5, 5.41) is 4.77. The minimum Gasteiger partial charge on any atom is -0.491 e. The van der Waals surface area contributed by atoms with Gasteiger partial charge in [-0.05, 0) is 53.5 Å². The summed E-state index contributed by atoms with van der Waals surface area (Å²) in [6.45, 7) is 12.3. The Morgan fingerprint density at radius 2 is 1.92 bits per heavy atom. The van der Waals surface area contributed by atoms with Crippen molar-refractivity contribution < 1.29 is 18.7 Å². The normalized spacial score (nSPS) is 16.6. The summed E-state index contributed by atoms with van der Waals surface area (Å²) in [7, 11) is 1.42. The second-order valence-corrected chi connectivity index (χ2v) is 12.0. The Bertz CT molecular complexity index is 1340. The third kappa shape index (κ3) is 4.93. The highest BCUT2D eigenvalue weighted by molar-refractivity contribution is 8.00. The Labute approximate surface area is 226 Å². The lowest BCUT2D eigenvalue weighted by atomic mass is 9.98. The van der Waals surface area contributed by atoms with E-state index in [0.717, 1.165) is 48.8 Å². The average molecular weight is 543 g/mol. The number of ether oxygens (including phenoxy) is 2. The van der Waals surface area contributed by atoms with E-state index in [1.165, 1.54) is 13.2 Å². The maximum absolute atomic E-state index is 15.3. The van der Waals surface area contributed by atoms with Crippen LogP contribution in [0.3, 0.4) is 0 Å². The number of esters is 1. The molecular weight excluding hydrogens is 507 g/mol. The van der Waals surface area contributed by atoms with Gasteiger partial charge in [0.2, 0.25) is 0 Å². The minimum atomic E-state index is -0.676. The number of piperidine rings is 1. The average Bonchev–Trinajstić information content (AvgIpc) is 3.45. The predicted molar refractivity (Wildman–Crippen MR) is 144 cm³/mol. The number of aryl methyl sites for hydroxylation is 1. The number of halogens is 1. The number of likely N-dealkylation sites (tertiary alicyclic amines) is 1. The van der Waals surface area contributed by atoms with Crippen molar-refractivity contribution >= 4 is 17.7 Å². The molecule has 1 fully saturated rings. The SMILES string of the molecule is COC(=O)C(C)(C)N1CCC(Sc2cc3c(cc2F)OCCn2cc(-c4nc(C)nn4C(C)C)nc2-3)CC1. The second-order valence-electron chi connectivity index (χ2n) is 10.6. The molecule has 0 aliphatic carbocycles. The first-order valence-electron chi connectivity index (χ1n) is 13.1. The fourth-order valence-corrected chi connectivity index (χ4v) is 6.30. The van der Waals surface area contributed by atoms with Gasteiger partial charge in [-0.3, -0.25) is 9.69 Å². The highest BCUT2D eigenvalue weighted by atomic mass is 32.2. The summed E-state index contributed by atoms with van der Waals surface area (Å²) >= 11 is 1.55. The highest BCUT2D eigenvalue weighted by Gasteiger charge is 2.38. The summed E-state index contributed by atoms with van der Waals surface area (Å²) in [6.07, 6.45) is 3.67. The minimum absolute atomic E-state index is 0.144. The molecule has 0 amide bonds. The van der Waals surface area contributed by atoms with Gasteiger partial charge in [-0.15, -0.1) is 11.8 Å². The number of fused-ring (bicyclic) bond motifs is 3. The zero-order valence-corrected chi connectivity index (χ0v) is 23.6. The Kier molecular flexibility index (Phi) is 7.25. The van der Waals surface area contributed by atoms with Crippen LogP contribution in [0.1, 0.15) is 52.4 Å². The van der Waals surface area contributed by atoms with Crippen molar-refractivity contribution in [3.63, 3.8) is 0 Å². The first-order valence-corrected chi connectivity index (χ1v) is 13.9. The standard InChI is InChI=1S/C27H35FN6O3S/c1-16(2)34-25(29-17(3)31-34)21-15-32-11-12-37-22-14-20(28)23(13-19(22)24(32)30-21)38-18-7-9-33(10-8-18)27(4,5)26(35)36-6/h13-16,18H,7-12H2,1-6H3. The van der Waals surface area contributed by atoms with Crippen LogP contribution in [-0.2, 0) is 16.1 Å². The lowest BCUT2D eigenvalue weighted by Gasteiger charge is -2.40. The van der Waals surface area contributed by atoms with Gasteiger partial charge in [-0.1, -0.05) is 0 Å². The van der Waals surface area contributed by atoms with E-state index in [4.69, 9.17) is 14.5 Å². The van der Waals surface area contributed by atoms with Crippen LogP contribution in [0, 0.1) is 12.7 Å². The van der Waals surface area contributed by atoms with Crippen molar-refractivity contribution in [2.75, 3.05) is 26.8 Å². The third-order valence-electron chi connectivity index (χ3n) is 7.31. The molecule has 0 unspecified atom stereocenters. The van der Waals surface area contributed by atoms with Crippen LogP contribution in [0.25, 0.3) is 22.9 Å². The van der Waals surface area contributed by atoms with Gasteiger partial charge < -0.3 is 14.0 Å². The fourth-order valence-electron chi connectivity index (χ4n) is 5.14. The van der Waals surface area contributed by atoms with Crippen molar-refractivity contribution in [3.8, 4) is 28.7 Å². The van der Waals surface area contributed by atoms with E-state index in [2.05, 4.69) is 33.4 Å². The van der Waals surface area contributed by atoms with E-state index >= 15 is 4.39 Å². The second kappa shape index (κ2) is 10.3. The number of rotatable bonds is 6. The molecule has 11 heteroatoms. The van der Waals surface area contributed by atoms with Crippen LogP contribution >= 0.6 is 11.8 Å². The van der Waals surface area contributed by atoms with Crippen molar-refractivity contribution in [1.29, 1.82) is 0 Å². The molecule has 38 heavy (non-hydrogen) atoms. The van der Waals surface area contributed by atoms with Crippen LogP contribution < -0.4 is 4.74 Å². The van der Waals surface area contributed by atoms with E-state index in [1.807, 2.05) is 37.7 Å². The first-order chi connectivity index (χ1) is 18.1. The van der Waals surface area contributed by atoms with Crippen LogP contribution in [0.15, 0.2) is 23.2 Å². The summed E-state index contributed by atoms with van der Waals surface area (Å²) in [5.74, 6) is 2.12. The van der Waals surface area contributed by atoms with Crippen LogP contribution in [0.2, 0.25) is 0 Å². The zero-order chi connectivity index (χ0) is 27.2. The number of hydrogen-bond acceptors (Lipinski definition) is 8. The summed E-state index contributed by atoms with van der Waals surface area (Å²) in [5.41, 5.74) is 0.833. The number of methoxy groups -OCH3 is 1. The number of benzene rings is 1. The van der Waals surface area contributed by atoms with Gasteiger partial charge in [-0.2, -0.15) is 5.10 Å². The van der Waals surface area contributed by atoms with Crippen molar-refractivity contribution in [2.24, 2.45) is 0 Å². The number of imidazole rings is 1. The smallest absolute Gasteiger partial charge is 0.325 e. The monoisotopic (exact) mass is 542 g/mol. The molecule has 2 aliphatic heterocycles. The van der Waals surface area contributed by atoms with Gasteiger partial charge in [0.1, 0.15) is 41.1 Å². The van der Waals surface area contributed by atoms with Gasteiger partial charge in [0.25, 0.3) is 0 Å². The molecule has 0 bridgehead atoms. The Hall–Kier alpha value is -2.92. The van der Waals surface area contributed by atoms with Gasteiger partial charge in [0.15, 0.2) is 5.82 Å². The number of carbonyl (C=O) groups is 1. The molecule has 3 aromatic rings.